The molecule has 0 radical (unpaired) electrons. The van der Waals surface area contributed by atoms with Crippen LogP contribution < -0.4 is 20.1 Å². The molecule has 1 saturated carbocycles. The molecule has 180 valence electrons. The zero-order chi connectivity index (χ0) is 23.7. The number of aryl methyl sites for hydroxylation is 1. The molecule has 2 aromatic rings. The summed E-state index contributed by atoms with van der Waals surface area (Å²) in [4.78, 5) is 28.7. The van der Waals surface area contributed by atoms with Crippen molar-refractivity contribution in [2.75, 3.05) is 13.7 Å². The van der Waals surface area contributed by atoms with Crippen LogP contribution in [-0.4, -0.2) is 35.7 Å². The molecule has 9 nitrogen and oxygen atoms in total. The van der Waals surface area contributed by atoms with E-state index < -0.39 is 5.54 Å². The highest BCUT2D eigenvalue weighted by Gasteiger charge is 2.38. The van der Waals surface area contributed by atoms with Crippen LogP contribution in [-0.2, 0) is 28.1 Å². The molecule has 9 heteroatoms. The Bertz CT molecular complexity index is 935. The van der Waals surface area contributed by atoms with Crippen LogP contribution in [0.25, 0.3) is 0 Å². The summed E-state index contributed by atoms with van der Waals surface area (Å²) < 4.78 is 16.3. The molecule has 2 amide bonds. The number of rotatable bonds is 10. The van der Waals surface area contributed by atoms with Crippen molar-refractivity contribution in [3.05, 3.63) is 35.5 Å². The number of ether oxygens (including phenoxy) is 2. The lowest BCUT2D eigenvalue weighted by molar-refractivity contribution is -0.122. The van der Waals surface area contributed by atoms with E-state index in [9.17, 15) is 9.59 Å². The molecule has 0 atom stereocenters. The first kappa shape index (κ1) is 24.5. The van der Waals surface area contributed by atoms with Crippen molar-refractivity contribution in [3.63, 3.8) is 0 Å². The maximum Gasteiger partial charge on any atom is 0.227 e. The highest BCUT2D eigenvalue weighted by molar-refractivity contribution is 5.76. The average molecular weight is 459 g/mol. The van der Waals surface area contributed by atoms with E-state index >= 15 is 0 Å². The summed E-state index contributed by atoms with van der Waals surface area (Å²) in [7, 11) is 1.59. The van der Waals surface area contributed by atoms with Gasteiger partial charge in [0.05, 0.1) is 13.7 Å². The summed E-state index contributed by atoms with van der Waals surface area (Å²) in [6, 6.07) is 5.58. The van der Waals surface area contributed by atoms with Gasteiger partial charge >= 0.3 is 0 Å². The lowest BCUT2D eigenvalue weighted by Crippen LogP contribution is -2.45. The summed E-state index contributed by atoms with van der Waals surface area (Å²) in [5, 5.41) is 10.1. The Hall–Kier alpha value is -3.10. The minimum Gasteiger partial charge on any atom is -0.493 e. The maximum atomic E-state index is 12.4. The SMILES string of the molecule is CCOc1ccc(CNC(=O)CCc2nc(C3(NC(C)=O)CCCCCC3)no2)cc1OC. The van der Waals surface area contributed by atoms with E-state index in [4.69, 9.17) is 14.0 Å². The Balaban J connectivity index is 1.55. The van der Waals surface area contributed by atoms with Crippen molar-refractivity contribution < 1.29 is 23.6 Å². The Labute approximate surface area is 194 Å². The first-order valence-electron chi connectivity index (χ1n) is 11.6. The van der Waals surface area contributed by atoms with Crippen molar-refractivity contribution in [2.45, 2.75) is 77.3 Å². The fraction of sp³-hybridized carbons (Fsp3) is 0.583. The van der Waals surface area contributed by atoms with Gasteiger partial charge in [-0.3, -0.25) is 9.59 Å². The third kappa shape index (κ3) is 6.69. The van der Waals surface area contributed by atoms with E-state index in [0.29, 0.717) is 42.8 Å². The second-order valence-corrected chi connectivity index (χ2v) is 8.38. The van der Waals surface area contributed by atoms with Crippen LogP contribution in [0.3, 0.4) is 0 Å². The molecular formula is C24H34N4O5. The molecule has 1 aromatic carbocycles. The molecule has 1 aliphatic carbocycles. The molecule has 1 aromatic heterocycles. The van der Waals surface area contributed by atoms with Gasteiger partial charge in [0.2, 0.25) is 17.7 Å². The molecule has 3 rings (SSSR count). The number of hydrogen-bond donors (Lipinski definition) is 2. The van der Waals surface area contributed by atoms with Crippen LogP contribution in [0.2, 0.25) is 0 Å². The van der Waals surface area contributed by atoms with Gasteiger partial charge in [-0.05, 0) is 37.5 Å². The lowest BCUT2D eigenvalue weighted by atomic mass is 9.89. The standard InChI is InChI=1S/C24H34N4O5/c1-4-32-19-10-9-18(15-20(19)31-3)16-25-21(30)11-12-22-26-23(28-33-22)24(27-17(2)29)13-7-5-6-8-14-24/h9-10,15H,4-8,11-14,16H2,1-3H3,(H,25,30)(H,27,29). The van der Waals surface area contributed by atoms with E-state index in [1.165, 1.54) is 6.92 Å². The number of nitrogens with one attached hydrogen (secondary N) is 2. The Morgan fingerprint density at radius 2 is 1.91 bits per heavy atom. The zero-order valence-electron chi connectivity index (χ0n) is 19.7. The van der Waals surface area contributed by atoms with Gasteiger partial charge in [-0.2, -0.15) is 4.98 Å². The number of carbonyl (C=O) groups excluding carboxylic acids is 2. The van der Waals surface area contributed by atoms with Gasteiger partial charge in [0.15, 0.2) is 17.3 Å². The lowest BCUT2D eigenvalue weighted by Gasteiger charge is -2.30. The first-order valence-corrected chi connectivity index (χ1v) is 11.6. The van der Waals surface area contributed by atoms with Gasteiger partial charge in [-0.1, -0.05) is 36.9 Å². The predicted molar refractivity (Wildman–Crippen MR) is 122 cm³/mol. The molecule has 1 heterocycles. The molecule has 0 spiro atoms. The second-order valence-electron chi connectivity index (χ2n) is 8.38. The molecule has 33 heavy (non-hydrogen) atoms. The maximum absolute atomic E-state index is 12.4. The van der Waals surface area contributed by atoms with Crippen LogP contribution in [0.15, 0.2) is 22.7 Å². The van der Waals surface area contributed by atoms with Crippen molar-refractivity contribution in [1.29, 1.82) is 0 Å². The van der Waals surface area contributed by atoms with Gasteiger partial charge in [-0.25, -0.2) is 0 Å². The number of methoxy groups -OCH3 is 1. The minimum absolute atomic E-state index is 0.103. The highest BCUT2D eigenvalue weighted by Crippen LogP contribution is 2.34. The van der Waals surface area contributed by atoms with Gasteiger partial charge in [0.25, 0.3) is 0 Å². The third-order valence-corrected chi connectivity index (χ3v) is 5.85. The summed E-state index contributed by atoms with van der Waals surface area (Å²) in [5.74, 6) is 2.00. The van der Waals surface area contributed by atoms with Crippen LogP contribution in [0, 0.1) is 0 Å². The Kier molecular flexibility index (Phi) is 8.68. The van der Waals surface area contributed by atoms with Crippen LogP contribution in [0.4, 0.5) is 0 Å². The van der Waals surface area contributed by atoms with Crippen LogP contribution in [0.1, 0.15) is 76.1 Å². The largest absolute Gasteiger partial charge is 0.493 e. The van der Waals surface area contributed by atoms with E-state index in [1.54, 1.807) is 7.11 Å². The average Bonchev–Trinajstić information content (AvgIpc) is 3.17. The van der Waals surface area contributed by atoms with E-state index in [1.807, 2.05) is 25.1 Å². The van der Waals surface area contributed by atoms with Gasteiger partial charge in [0, 0.05) is 26.3 Å². The summed E-state index contributed by atoms with van der Waals surface area (Å²) in [6.07, 6.45) is 6.41. The summed E-state index contributed by atoms with van der Waals surface area (Å²) in [6.45, 7) is 4.35. The molecule has 1 aliphatic rings. The molecule has 0 aliphatic heterocycles. The number of hydrogen-bond acceptors (Lipinski definition) is 7. The summed E-state index contributed by atoms with van der Waals surface area (Å²) >= 11 is 0. The van der Waals surface area contributed by atoms with Gasteiger partial charge < -0.3 is 24.6 Å². The quantitative estimate of drug-likeness (QED) is 0.524. The van der Waals surface area contributed by atoms with Crippen LogP contribution in [0.5, 0.6) is 11.5 Å². The Morgan fingerprint density at radius 3 is 2.58 bits per heavy atom. The van der Waals surface area contributed by atoms with E-state index in [0.717, 1.165) is 44.1 Å². The third-order valence-electron chi connectivity index (χ3n) is 5.85. The fourth-order valence-electron chi connectivity index (χ4n) is 4.23. The topological polar surface area (TPSA) is 116 Å². The molecule has 2 N–H and O–H groups in total. The molecule has 0 bridgehead atoms. The zero-order valence-corrected chi connectivity index (χ0v) is 19.7. The Morgan fingerprint density at radius 1 is 1.15 bits per heavy atom. The van der Waals surface area contributed by atoms with E-state index in [-0.39, 0.29) is 18.2 Å². The first-order chi connectivity index (χ1) is 16.0. The van der Waals surface area contributed by atoms with E-state index in [2.05, 4.69) is 20.8 Å². The predicted octanol–water partition coefficient (Wildman–Crippen LogP) is 3.41. The monoisotopic (exact) mass is 458 g/mol. The van der Waals surface area contributed by atoms with Crippen molar-refractivity contribution >= 4 is 11.8 Å². The van der Waals surface area contributed by atoms with Crippen molar-refractivity contribution in [3.8, 4) is 11.5 Å². The van der Waals surface area contributed by atoms with Crippen molar-refractivity contribution in [2.24, 2.45) is 0 Å². The fourth-order valence-corrected chi connectivity index (χ4v) is 4.23. The molecule has 0 saturated heterocycles. The number of aromatic nitrogens is 2. The highest BCUT2D eigenvalue weighted by atomic mass is 16.5. The number of benzene rings is 1. The van der Waals surface area contributed by atoms with Gasteiger partial charge in [-0.15, -0.1) is 0 Å². The van der Waals surface area contributed by atoms with Crippen LogP contribution >= 0.6 is 0 Å². The van der Waals surface area contributed by atoms with Gasteiger partial charge in [0.1, 0.15) is 5.54 Å². The smallest absolute Gasteiger partial charge is 0.227 e. The summed E-state index contributed by atoms with van der Waals surface area (Å²) in [5.41, 5.74) is 0.327. The number of carbonyl (C=O) groups is 2. The second kappa shape index (κ2) is 11.7. The molecule has 1 fully saturated rings. The number of amides is 2. The molecular weight excluding hydrogens is 424 g/mol. The number of nitrogens with zero attached hydrogens (tertiary/aromatic N) is 2. The normalized spacial score (nSPS) is 15.4. The minimum atomic E-state index is -0.584. The van der Waals surface area contributed by atoms with Crippen molar-refractivity contribution in [1.82, 2.24) is 20.8 Å². The molecule has 0 unspecified atom stereocenters.